The average Bonchev–Trinajstić information content (AvgIpc) is 2.24. The van der Waals surface area contributed by atoms with E-state index in [1.54, 1.807) is 24.3 Å². The summed E-state index contributed by atoms with van der Waals surface area (Å²) in [7, 11) is 0. The van der Waals surface area contributed by atoms with Gasteiger partial charge in [0, 0.05) is 11.1 Å². The molecule has 2 rings (SSSR count). The van der Waals surface area contributed by atoms with E-state index in [0.717, 1.165) is 0 Å². The first-order valence-electron chi connectivity index (χ1n) is 4.35. The Morgan fingerprint density at radius 2 is 1.93 bits per heavy atom. The summed E-state index contributed by atoms with van der Waals surface area (Å²) in [6.07, 6.45) is 0. The molecule has 2 aromatic rings. The first kappa shape index (κ1) is 10.3. The maximum atomic E-state index is 5.96. The summed E-state index contributed by atoms with van der Waals surface area (Å²) in [6, 6.07) is 15.4. The smallest absolute Gasteiger partial charge is 0.146 e. The zero-order valence-electron chi connectivity index (χ0n) is 7.71. The number of ether oxygens (including phenoxy) is 1. The highest BCUT2D eigenvalue weighted by molar-refractivity contribution is 6.35. The monoisotopic (exact) mass is 237 g/mol. The van der Waals surface area contributed by atoms with Gasteiger partial charge in [0.25, 0.3) is 0 Å². The maximum absolute atomic E-state index is 5.96. The molecule has 0 atom stereocenters. The molecule has 0 heterocycles. The van der Waals surface area contributed by atoms with Crippen LogP contribution in [0.5, 0.6) is 11.5 Å². The molecular formula is C12H7Cl2O. The van der Waals surface area contributed by atoms with Crippen molar-refractivity contribution in [1.82, 2.24) is 0 Å². The summed E-state index contributed by atoms with van der Waals surface area (Å²) in [5.41, 5.74) is 0. The van der Waals surface area contributed by atoms with Crippen LogP contribution in [0.1, 0.15) is 0 Å². The Balaban J connectivity index is 2.25. The fraction of sp³-hybridized carbons (Fsp3) is 0. The minimum atomic E-state index is 0.486. The van der Waals surface area contributed by atoms with Gasteiger partial charge in [0.15, 0.2) is 0 Å². The van der Waals surface area contributed by atoms with Gasteiger partial charge in [0.05, 0.1) is 5.02 Å². The summed E-state index contributed by atoms with van der Waals surface area (Å²) in [5, 5.41) is 1.07. The van der Waals surface area contributed by atoms with Crippen LogP contribution in [0.15, 0.2) is 42.5 Å². The SMILES string of the molecule is Clc1ccc(Oc2[c]cccc2)c(Cl)c1. The zero-order valence-corrected chi connectivity index (χ0v) is 9.22. The third-order valence-electron chi connectivity index (χ3n) is 1.79. The highest BCUT2D eigenvalue weighted by Crippen LogP contribution is 2.30. The Labute approximate surface area is 98.2 Å². The van der Waals surface area contributed by atoms with Crippen LogP contribution in [0.25, 0.3) is 0 Å². The van der Waals surface area contributed by atoms with Gasteiger partial charge in [-0.2, -0.15) is 0 Å². The normalized spacial score (nSPS) is 10.0. The molecular weight excluding hydrogens is 231 g/mol. The van der Waals surface area contributed by atoms with Crippen molar-refractivity contribution in [2.24, 2.45) is 0 Å². The Bertz CT molecular complexity index is 454. The fourth-order valence-electron chi connectivity index (χ4n) is 1.12. The Morgan fingerprint density at radius 1 is 1.07 bits per heavy atom. The lowest BCUT2D eigenvalue weighted by atomic mass is 10.3. The van der Waals surface area contributed by atoms with Crippen LogP contribution in [0.2, 0.25) is 10.0 Å². The van der Waals surface area contributed by atoms with E-state index < -0.39 is 0 Å². The molecule has 0 aliphatic heterocycles. The summed E-state index contributed by atoms with van der Waals surface area (Å²) in [5.74, 6) is 1.20. The van der Waals surface area contributed by atoms with Crippen molar-refractivity contribution in [2.75, 3.05) is 0 Å². The van der Waals surface area contributed by atoms with E-state index in [9.17, 15) is 0 Å². The van der Waals surface area contributed by atoms with Crippen molar-refractivity contribution in [3.8, 4) is 11.5 Å². The minimum absolute atomic E-state index is 0.486. The van der Waals surface area contributed by atoms with Gasteiger partial charge in [-0.3, -0.25) is 0 Å². The van der Waals surface area contributed by atoms with E-state index >= 15 is 0 Å². The summed E-state index contributed by atoms with van der Waals surface area (Å²) in [4.78, 5) is 0. The summed E-state index contributed by atoms with van der Waals surface area (Å²) < 4.78 is 5.52. The molecule has 1 nitrogen and oxygen atoms in total. The second-order valence-corrected chi connectivity index (χ2v) is 3.75. The molecule has 0 saturated heterocycles. The van der Waals surface area contributed by atoms with Gasteiger partial charge in [0.2, 0.25) is 0 Å². The van der Waals surface area contributed by atoms with E-state index in [0.29, 0.717) is 21.5 Å². The second kappa shape index (κ2) is 4.56. The highest BCUT2D eigenvalue weighted by Gasteiger charge is 2.03. The molecule has 0 aromatic heterocycles. The predicted octanol–water partition coefficient (Wildman–Crippen LogP) is 4.59. The molecule has 15 heavy (non-hydrogen) atoms. The van der Waals surface area contributed by atoms with E-state index in [1.165, 1.54) is 0 Å². The molecule has 0 N–H and O–H groups in total. The van der Waals surface area contributed by atoms with Crippen LogP contribution >= 0.6 is 23.2 Å². The third-order valence-corrected chi connectivity index (χ3v) is 2.32. The Morgan fingerprint density at radius 3 is 2.60 bits per heavy atom. The van der Waals surface area contributed by atoms with Gasteiger partial charge in [-0.25, -0.2) is 0 Å². The molecule has 0 fully saturated rings. The van der Waals surface area contributed by atoms with Crippen LogP contribution in [-0.4, -0.2) is 0 Å². The number of hydrogen-bond acceptors (Lipinski definition) is 1. The number of halogens is 2. The van der Waals surface area contributed by atoms with Crippen molar-refractivity contribution >= 4 is 23.2 Å². The maximum Gasteiger partial charge on any atom is 0.146 e. The van der Waals surface area contributed by atoms with Gasteiger partial charge in [-0.1, -0.05) is 41.4 Å². The summed E-state index contributed by atoms with van der Waals surface area (Å²) in [6.45, 7) is 0. The van der Waals surface area contributed by atoms with Crippen LogP contribution in [0.3, 0.4) is 0 Å². The average molecular weight is 238 g/mol. The molecule has 75 valence electrons. The zero-order chi connectivity index (χ0) is 10.7. The molecule has 0 aliphatic rings. The lowest BCUT2D eigenvalue weighted by Gasteiger charge is -2.06. The first-order valence-corrected chi connectivity index (χ1v) is 5.11. The number of rotatable bonds is 2. The van der Waals surface area contributed by atoms with Gasteiger partial charge in [0.1, 0.15) is 11.5 Å². The standard InChI is InChI=1S/C12H7Cl2O/c13-9-6-7-12(11(14)8-9)15-10-4-2-1-3-5-10/h1-4,6-8H. The quantitative estimate of drug-likeness (QED) is 0.743. The van der Waals surface area contributed by atoms with E-state index in [4.69, 9.17) is 27.9 Å². The predicted molar refractivity (Wildman–Crippen MR) is 61.8 cm³/mol. The number of para-hydroxylation sites is 1. The van der Waals surface area contributed by atoms with Crippen molar-refractivity contribution in [1.29, 1.82) is 0 Å². The molecule has 0 amide bonds. The largest absolute Gasteiger partial charge is 0.455 e. The van der Waals surface area contributed by atoms with Gasteiger partial charge >= 0.3 is 0 Å². The van der Waals surface area contributed by atoms with E-state index in [2.05, 4.69) is 6.07 Å². The topological polar surface area (TPSA) is 9.23 Å². The molecule has 2 aromatic carbocycles. The van der Waals surface area contributed by atoms with Crippen LogP contribution < -0.4 is 4.74 Å². The molecule has 0 bridgehead atoms. The highest BCUT2D eigenvalue weighted by atomic mass is 35.5. The van der Waals surface area contributed by atoms with Crippen molar-refractivity contribution in [3.05, 3.63) is 58.6 Å². The van der Waals surface area contributed by atoms with Crippen LogP contribution in [0.4, 0.5) is 0 Å². The third kappa shape index (κ3) is 2.65. The summed E-state index contributed by atoms with van der Waals surface area (Å²) >= 11 is 11.7. The number of benzene rings is 2. The molecule has 0 saturated carbocycles. The van der Waals surface area contributed by atoms with Crippen molar-refractivity contribution in [2.45, 2.75) is 0 Å². The minimum Gasteiger partial charge on any atom is -0.455 e. The Kier molecular flexibility index (Phi) is 3.14. The fourth-order valence-corrected chi connectivity index (χ4v) is 1.56. The van der Waals surface area contributed by atoms with Crippen molar-refractivity contribution in [3.63, 3.8) is 0 Å². The lowest BCUT2D eigenvalue weighted by Crippen LogP contribution is -1.84. The van der Waals surface area contributed by atoms with Crippen LogP contribution in [-0.2, 0) is 0 Å². The first-order chi connectivity index (χ1) is 7.25. The van der Waals surface area contributed by atoms with Gasteiger partial charge in [-0.05, 0) is 24.3 Å². The van der Waals surface area contributed by atoms with Crippen LogP contribution in [0, 0.1) is 6.07 Å². The molecule has 3 heteroatoms. The lowest BCUT2D eigenvalue weighted by molar-refractivity contribution is 0.482. The van der Waals surface area contributed by atoms with Crippen molar-refractivity contribution < 1.29 is 4.74 Å². The van der Waals surface area contributed by atoms with E-state index in [1.807, 2.05) is 18.2 Å². The molecule has 1 radical (unpaired) electrons. The molecule has 0 aliphatic carbocycles. The van der Waals surface area contributed by atoms with E-state index in [-0.39, 0.29) is 0 Å². The number of hydrogen-bond donors (Lipinski definition) is 0. The molecule has 0 unspecified atom stereocenters. The van der Waals surface area contributed by atoms with Gasteiger partial charge < -0.3 is 4.74 Å². The van der Waals surface area contributed by atoms with Gasteiger partial charge in [-0.15, -0.1) is 0 Å². The Hall–Kier alpha value is -1.18. The molecule has 0 spiro atoms. The second-order valence-electron chi connectivity index (χ2n) is 2.90.